The van der Waals surface area contributed by atoms with E-state index in [2.05, 4.69) is 85.5 Å². The van der Waals surface area contributed by atoms with Crippen molar-refractivity contribution in [2.45, 2.75) is 45.7 Å². The van der Waals surface area contributed by atoms with Crippen LogP contribution in [0.15, 0.2) is 60.7 Å². The molecule has 3 aromatic carbocycles. The van der Waals surface area contributed by atoms with Gasteiger partial charge in [0.25, 0.3) is 0 Å². The summed E-state index contributed by atoms with van der Waals surface area (Å²) in [6, 6.07) is 20.6. The molecule has 4 rings (SSSR count). The Morgan fingerprint density at radius 2 is 1.79 bits per heavy atom. The molecule has 1 atom stereocenters. The lowest BCUT2D eigenvalue weighted by Gasteiger charge is -2.33. The van der Waals surface area contributed by atoms with Crippen LogP contribution >= 0.6 is 0 Å². The topological polar surface area (TPSA) is 49.8 Å². The summed E-state index contributed by atoms with van der Waals surface area (Å²) in [6.45, 7) is 5.65. The van der Waals surface area contributed by atoms with Gasteiger partial charge in [-0.05, 0) is 72.7 Å². The molecule has 1 saturated heterocycles. The van der Waals surface area contributed by atoms with Crippen LogP contribution in [0.1, 0.15) is 47.1 Å². The van der Waals surface area contributed by atoms with E-state index in [9.17, 15) is 9.90 Å². The number of rotatable bonds is 7. The van der Waals surface area contributed by atoms with Crippen LogP contribution in [-0.4, -0.2) is 35.7 Å². The van der Waals surface area contributed by atoms with Gasteiger partial charge in [-0.1, -0.05) is 73.2 Å². The highest BCUT2D eigenvalue weighted by atomic mass is 16.5. The van der Waals surface area contributed by atoms with Crippen LogP contribution in [0.3, 0.4) is 0 Å². The number of aryl methyl sites for hydroxylation is 1. The Hall–Kier alpha value is -3.37. The summed E-state index contributed by atoms with van der Waals surface area (Å²) in [5.74, 6) is 0.0674. The van der Waals surface area contributed by atoms with E-state index in [0.29, 0.717) is 13.0 Å². The molecule has 0 amide bonds. The van der Waals surface area contributed by atoms with Crippen molar-refractivity contribution in [2.24, 2.45) is 0 Å². The predicted octanol–water partition coefficient (Wildman–Crippen LogP) is 6.59. The van der Waals surface area contributed by atoms with E-state index in [1.165, 1.54) is 22.3 Å². The summed E-state index contributed by atoms with van der Waals surface area (Å²) in [4.78, 5) is 13.8. The van der Waals surface area contributed by atoms with Crippen LogP contribution < -0.4 is 4.74 Å². The number of benzene rings is 3. The summed E-state index contributed by atoms with van der Waals surface area (Å²) in [6.07, 6.45) is 7.01. The number of carboxylic acid groups (broad SMARTS) is 1. The fourth-order valence-electron chi connectivity index (χ4n) is 4.88. The van der Waals surface area contributed by atoms with Crippen LogP contribution in [0.2, 0.25) is 0 Å². The largest absolute Gasteiger partial charge is 0.496 e. The number of hydrogen-bond donors (Lipinski definition) is 1. The van der Waals surface area contributed by atoms with Gasteiger partial charge in [0.2, 0.25) is 0 Å². The average molecular weight is 456 g/mol. The lowest BCUT2D eigenvalue weighted by molar-refractivity contribution is -0.144. The van der Waals surface area contributed by atoms with Crippen LogP contribution in [0.25, 0.3) is 23.3 Å². The molecule has 0 saturated carbocycles. The van der Waals surface area contributed by atoms with Crippen molar-refractivity contribution >= 4 is 18.1 Å². The highest BCUT2D eigenvalue weighted by Crippen LogP contribution is 2.30. The molecule has 1 fully saturated rings. The highest BCUT2D eigenvalue weighted by Gasteiger charge is 2.29. The van der Waals surface area contributed by atoms with E-state index < -0.39 is 12.0 Å². The molecule has 0 aromatic heterocycles. The summed E-state index contributed by atoms with van der Waals surface area (Å²) in [5.41, 5.74) is 8.16. The molecular weight excluding hydrogens is 422 g/mol. The van der Waals surface area contributed by atoms with Crippen molar-refractivity contribution in [3.05, 3.63) is 88.5 Å². The number of methoxy groups -OCH3 is 1. The number of hydrogen-bond acceptors (Lipinski definition) is 3. The molecule has 1 heterocycles. The number of likely N-dealkylation sites (tertiary alicyclic amines) is 1. The minimum absolute atomic E-state index is 0.418. The quantitative estimate of drug-likeness (QED) is 0.408. The van der Waals surface area contributed by atoms with E-state index in [1.54, 1.807) is 7.11 Å². The van der Waals surface area contributed by atoms with E-state index in [1.807, 2.05) is 6.07 Å². The van der Waals surface area contributed by atoms with Crippen molar-refractivity contribution in [1.82, 2.24) is 4.90 Å². The standard InChI is InChI=1S/C30H33NO3/c1-21-18-26(20-31-17-8-7-14-28(31)30(32)33)29(34-3)19-25(21)16-15-23-12-9-13-27(22(23)2)24-10-5-4-6-11-24/h4-6,9-13,15-16,18-19,28H,7-8,14,17,20H2,1-3H3,(H,32,33)/b16-15+. The van der Waals surface area contributed by atoms with Crippen molar-refractivity contribution in [3.8, 4) is 16.9 Å². The van der Waals surface area contributed by atoms with Gasteiger partial charge in [0.05, 0.1) is 7.11 Å². The monoisotopic (exact) mass is 455 g/mol. The number of nitrogens with zero attached hydrogens (tertiary/aromatic N) is 1. The van der Waals surface area contributed by atoms with E-state index in [-0.39, 0.29) is 0 Å². The van der Waals surface area contributed by atoms with Crippen molar-refractivity contribution in [2.75, 3.05) is 13.7 Å². The normalized spacial score (nSPS) is 16.6. The molecular formula is C30H33NO3. The Kier molecular flexibility index (Phi) is 7.49. The van der Waals surface area contributed by atoms with Gasteiger partial charge >= 0.3 is 5.97 Å². The van der Waals surface area contributed by atoms with Gasteiger partial charge in [0.15, 0.2) is 0 Å². The van der Waals surface area contributed by atoms with Crippen LogP contribution in [0, 0.1) is 13.8 Å². The first-order chi connectivity index (χ1) is 16.5. The zero-order chi connectivity index (χ0) is 24.1. The highest BCUT2D eigenvalue weighted by molar-refractivity contribution is 5.78. The number of aliphatic carboxylic acids is 1. The SMILES string of the molecule is COc1cc(/C=C/c2cccc(-c3ccccc3)c2C)c(C)cc1CN1CCCCC1C(=O)O. The molecule has 0 aliphatic carbocycles. The fraction of sp³-hybridized carbons (Fsp3) is 0.300. The Morgan fingerprint density at radius 1 is 1.03 bits per heavy atom. The van der Waals surface area contributed by atoms with E-state index >= 15 is 0 Å². The Bertz CT molecular complexity index is 1180. The molecule has 4 heteroatoms. The minimum atomic E-state index is -0.733. The van der Waals surface area contributed by atoms with Crippen LogP contribution in [0.5, 0.6) is 5.75 Å². The van der Waals surface area contributed by atoms with Gasteiger partial charge in [-0.3, -0.25) is 9.69 Å². The number of carbonyl (C=O) groups is 1. The Labute approximate surface area is 202 Å². The first kappa shape index (κ1) is 23.8. The predicted molar refractivity (Wildman–Crippen MR) is 139 cm³/mol. The number of ether oxygens (including phenoxy) is 1. The molecule has 1 aliphatic rings. The number of piperidine rings is 1. The van der Waals surface area contributed by atoms with Gasteiger partial charge in [0, 0.05) is 12.1 Å². The second kappa shape index (κ2) is 10.7. The average Bonchev–Trinajstić information content (AvgIpc) is 2.85. The van der Waals surface area contributed by atoms with Gasteiger partial charge < -0.3 is 9.84 Å². The van der Waals surface area contributed by atoms with Gasteiger partial charge in [-0.15, -0.1) is 0 Å². The summed E-state index contributed by atoms with van der Waals surface area (Å²) < 4.78 is 5.72. The molecule has 0 radical (unpaired) electrons. The third kappa shape index (κ3) is 5.23. The third-order valence-corrected chi connectivity index (χ3v) is 6.84. The molecule has 176 valence electrons. The Balaban J connectivity index is 1.60. The summed E-state index contributed by atoms with van der Waals surface area (Å²) in [5, 5.41) is 9.62. The molecule has 3 aromatic rings. The molecule has 0 bridgehead atoms. The van der Waals surface area contributed by atoms with Crippen LogP contribution in [-0.2, 0) is 11.3 Å². The first-order valence-corrected chi connectivity index (χ1v) is 12.0. The summed E-state index contributed by atoms with van der Waals surface area (Å²) >= 11 is 0. The van der Waals surface area contributed by atoms with Gasteiger partial charge in [-0.2, -0.15) is 0 Å². The molecule has 0 spiro atoms. The molecule has 1 N–H and O–H groups in total. The molecule has 4 nitrogen and oxygen atoms in total. The smallest absolute Gasteiger partial charge is 0.320 e. The zero-order valence-corrected chi connectivity index (χ0v) is 20.3. The maximum absolute atomic E-state index is 11.7. The van der Waals surface area contributed by atoms with Gasteiger partial charge in [0.1, 0.15) is 11.8 Å². The fourth-order valence-corrected chi connectivity index (χ4v) is 4.88. The Morgan fingerprint density at radius 3 is 2.53 bits per heavy atom. The lowest BCUT2D eigenvalue weighted by atomic mass is 9.95. The van der Waals surface area contributed by atoms with Crippen molar-refractivity contribution < 1.29 is 14.6 Å². The first-order valence-electron chi connectivity index (χ1n) is 12.0. The summed E-state index contributed by atoms with van der Waals surface area (Å²) in [7, 11) is 1.68. The van der Waals surface area contributed by atoms with Gasteiger partial charge in [-0.25, -0.2) is 0 Å². The van der Waals surface area contributed by atoms with Crippen LogP contribution in [0.4, 0.5) is 0 Å². The second-order valence-corrected chi connectivity index (χ2v) is 9.06. The maximum Gasteiger partial charge on any atom is 0.320 e. The zero-order valence-electron chi connectivity index (χ0n) is 20.3. The van der Waals surface area contributed by atoms with E-state index in [0.717, 1.165) is 41.8 Å². The maximum atomic E-state index is 11.7. The molecule has 1 aliphatic heterocycles. The second-order valence-electron chi connectivity index (χ2n) is 9.06. The van der Waals surface area contributed by atoms with Crippen molar-refractivity contribution in [1.29, 1.82) is 0 Å². The van der Waals surface area contributed by atoms with Crippen molar-refractivity contribution in [3.63, 3.8) is 0 Å². The third-order valence-electron chi connectivity index (χ3n) is 6.84. The molecule has 1 unspecified atom stereocenters. The molecule has 34 heavy (non-hydrogen) atoms. The minimum Gasteiger partial charge on any atom is -0.496 e. The lowest BCUT2D eigenvalue weighted by Crippen LogP contribution is -2.44. The van der Waals surface area contributed by atoms with E-state index in [4.69, 9.17) is 4.74 Å². The number of carboxylic acids is 1.